The molecule has 48 heavy (non-hydrogen) atoms. The third-order valence-corrected chi connectivity index (χ3v) is 10.8. The van der Waals surface area contributed by atoms with Crippen molar-refractivity contribution in [1.29, 1.82) is 0 Å². The van der Waals surface area contributed by atoms with Crippen molar-refractivity contribution in [2.75, 3.05) is 31.5 Å². The Morgan fingerprint density at radius 1 is 1.10 bits per heavy atom. The molecule has 1 atom stereocenters. The number of amides is 2. The monoisotopic (exact) mass is 676 g/mol. The molecular formula is C37H53ClN8O2. The second-order valence-electron chi connectivity index (χ2n) is 15.4. The highest BCUT2D eigenvalue weighted by atomic mass is 35.5. The average Bonchev–Trinajstić information content (AvgIpc) is 3.76. The van der Waals surface area contributed by atoms with E-state index in [4.69, 9.17) is 16.6 Å². The van der Waals surface area contributed by atoms with Gasteiger partial charge in [-0.1, -0.05) is 57.7 Å². The van der Waals surface area contributed by atoms with Crippen molar-refractivity contribution in [2.24, 2.45) is 5.92 Å². The molecule has 3 fully saturated rings. The van der Waals surface area contributed by atoms with Crippen LogP contribution in [0.4, 0.5) is 5.82 Å². The predicted octanol–water partition coefficient (Wildman–Crippen LogP) is 6.75. The number of rotatable bonds is 10. The van der Waals surface area contributed by atoms with Gasteiger partial charge in [-0.25, -0.2) is 4.98 Å². The zero-order chi connectivity index (χ0) is 34.2. The zero-order valence-corrected chi connectivity index (χ0v) is 30.3. The molecule has 2 amide bonds. The number of aromatic nitrogens is 4. The number of benzene rings is 1. The molecule has 4 heterocycles. The second-order valence-corrected chi connectivity index (χ2v) is 15.8. The van der Waals surface area contributed by atoms with Crippen molar-refractivity contribution in [3.05, 3.63) is 52.1 Å². The zero-order valence-electron chi connectivity index (χ0n) is 29.5. The summed E-state index contributed by atoms with van der Waals surface area (Å²) in [6, 6.07) is 4.62. The predicted molar refractivity (Wildman–Crippen MR) is 193 cm³/mol. The van der Waals surface area contributed by atoms with E-state index >= 15 is 0 Å². The van der Waals surface area contributed by atoms with Gasteiger partial charge in [0, 0.05) is 48.2 Å². The van der Waals surface area contributed by atoms with E-state index in [1.807, 2.05) is 23.6 Å². The van der Waals surface area contributed by atoms with Gasteiger partial charge in [0.2, 0.25) is 5.91 Å². The number of H-pyrrole nitrogens is 1. The number of carbonyl (C=O) groups excluding carboxylic acids is 2. The van der Waals surface area contributed by atoms with Crippen LogP contribution in [0.1, 0.15) is 113 Å². The van der Waals surface area contributed by atoms with Gasteiger partial charge in [-0.3, -0.25) is 19.6 Å². The molecule has 0 spiro atoms. The minimum atomic E-state index is -0.162. The largest absolute Gasteiger partial charge is 0.361 e. The van der Waals surface area contributed by atoms with E-state index in [1.54, 1.807) is 11.0 Å². The number of aryl methyl sites for hydroxylation is 1. The smallest absolute Gasteiger partial charge is 0.270 e. The van der Waals surface area contributed by atoms with Crippen LogP contribution in [0.5, 0.6) is 0 Å². The van der Waals surface area contributed by atoms with Crippen molar-refractivity contribution >= 4 is 40.1 Å². The fraction of sp³-hybridized carbons (Fsp3) is 0.622. The molecule has 3 aliphatic rings. The maximum atomic E-state index is 13.6. The maximum absolute atomic E-state index is 13.6. The molecule has 2 aliphatic heterocycles. The van der Waals surface area contributed by atoms with Gasteiger partial charge in [-0.15, -0.1) is 0 Å². The molecule has 2 aromatic heterocycles. The van der Waals surface area contributed by atoms with Crippen LogP contribution in [0, 0.1) is 12.8 Å². The number of piperidine rings is 1. The summed E-state index contributed by atoms with van der Waals surface area (Å²) in [5.41, 5.74) is 3.03. The Hall–Kier alpha value is -3.37. The Balaban J connectivity index is 1.04. The average molecular weight is 677 g/mol. The molecular weight excluding hydrogens is 624 g/mol. The molecule has 6 rings (SSSR count). The SMILES string of the molecule is Cc1nc(CNc2n[nH]c3cc(Cl)c(C(C)(C)C)cc23)n(C(C)C)c1C(=O)NC1CN(C(=O)/C=C/CN2CCCCC2C2CCCC2)C1. The van der Waals surface area contributed by atoms with Crippen LogP contribution < -0.4 is 10.6 Å². The van der Waals surface area contributed by atoms with E-state index in [2.05, 4.69) is 66.4 Å². The molecule has 3 aromatic rings. The van der Waals surface area contributed by atoms with Gasteiger partial charge >= 0.3 is 0 Å². The highest BCUT2D eigenvalue weighted by Crippen LogP contribution is 2.36. The lowest BCUT2D eigenvalue weighted by molar-refractivity contribution is -0.130. The Labute approximate surface area is 290 Å². The molecule has 3 N–H and O–H groups in total. The van der Waals surface area contributed by atoms with E-state index < -0.39 is 0 Å². The fourth-order valence-corrected chi connectivity index (χ4v) is 8.43. The molecule has 0 bridgehead atoms. The first-order valence-electron chi connectivity index (χ1n) is 17.9. The number of carbonyl (C=O) groups is 2. The Morgan fingerprint density at radius 2 is 1.83 bits per heavy atom. The van der Waals surface area contributed by atoms with Crippen LogP contribution in [0.3, 0.4) is 0 Å². The van der Waals surface area contributed by atoms with E-state index in [0.717, 1.165) is 41.3 Å². The van der Waals surface area contributed by atoms with Crippen molar-refractivity contribution in [1.82, 2.24) is 34.9 Å². The van der Waals surface area contributed by atoms with Crippen LogP contribution in [-0.2, 0) is 16.8 Å². The van der Waals surface area contributed by atoms with E-state index in [9.17, 15) is 9.59 Å². The highest BCUT2D eigenvalue weighted by molar-refractivity contribution is 6.32. The normalized spacial score (nSPS) is 19.9. The lowest BCUT2D eigenvalue weighted by Gasteiger charge is -2.39. The number of likely N-dealkylation sites (tertiary alicyclic amines) is 2. The summed E-state index contributed by atoms with van der Waals surface area (Å²) in [4.78, 5) is 35.7. The van der Waals surface area contributed by atoms with Gasteiger partial charge in [-0.2, -0.15) is 5.10 Å². The standard InChI is InChI=1S/C37H53ClN8O2/c1-23(2)46-32(20-39-35-27-18-28(37(4,5)6)29(38)19-30(27)42-43-35)40-24(3)34(46)36(48)41-26-21-45(22-26)33(47)15-11-17-44-16-10-9-14-31(44)25-12-7-8-13-25/h11,15,18-19,23,25-26,31H,7-10,12-14,16-17,20-22H2,1-6H3,(H,41,48)(H2,39,42,43)/b15-11+. The van der Waals surface area contributed by atoms with Gasteiger partial charge in [0.05, 0.1) is 23.8 Å². The molecule has 1 aliphatic carbocycles. The first-order chi connectivity index (χ1) is 22.9. The van der Waals surface area contributed by atoms with Crippen molar-refractivity contribution in [3.63, 3.8) is 0 Å². The van der Waals surface area contributed by atoms with Crippen LogP contribution in [0.15, 0.2) is 24.3 Å². The first-order valence-corrected chi connectivity index (χ1v) is 18.3. The molecule has 1 aromatic carbocycles. The molecule has 11 heteroatoms. The van der Waals surface area contributed by atoms with E-state index in [0.29, 0.717) is 47.9 Å². The minimum Gasteiger partial charge on any atom is -0.361 e. The molecule has 10 nitrogen and oxygen atoms in total. The molecule has 2 saturated heterocycles. The van der Waals surface area contributed by atoms with Crippen LogP contribution in [0.25, 0.3) is 10.9 Å². The maximum Gasteiger partial charge on any atom is 0.270 e. The summed E-state index contributed by atoms with van der Waals surface area (Å²) in [7, 11) is 0. The van der Waals surface area contributed by atoms with Crippen LogP contribution in [-0.4, -0.2) is 79.6 Å². The topological polar surface area (TPSA) is 111 Å². The lowest BCUT2D eigenvalue weighted by Crippen LogP contribution is -2.60. The Morgan fingerprint density at radius 3 is 2.54 bits per heavy atom. The molecule has 1 unspecified atom stereocenters. The summed E-state index contributed by atoms with van der Waals surface area (Å²) in [5.74, 6) is 2.16. The third-order valence-electron chi connectivity index (χ3n) is 10.5. The third kappa shape index (κ3) is 7.30. The number of aromatic amines is 1. The van der Waals surface area contributed by atoms with Crippen LogP contribution in [0.2, 0.25) is 5.02 Å². The van der Waals surface area contributed by atoms with Gasteiger partial charge in [0.25, 0.3) is 5.91 Å². The highest BCUT2D eigenvalue weighted by Gasteiger charge is 2.34. The number of nitrogens with one attached hydrogen (secondary N) is 3. The summed E-state index contributed by atoms with van der Waals surface area (Å²) in [6.07, 6.45) is 13.1. The van der Waals surface area contributed by atoms with Gasteiger partial charge in [0.1, 0.15) is 11.5 Å². The van der Waals surface area contributed by atoms with Gasteiger partial charge in [0.15, 0.2) is 5.82 Å². The summed E-state index contributed by atoms with van der Waals surface area (Å²) in [6.45, 7) is 15.8. The van der Waals surface area contributed by atoms with Gasteiger partial charge in [-0.05, 0) is 82.0 Å². The number of imidazole rings is 1. The summed E-state index contributed by atoms with van der Waals surface area (Å²) in [5, 5.41) is 15.8. The molecule has 0 radical (unpaired) electrons. The number of anilines is 1. The van der Waals surface area contributed by atoms with E-state index in [1.165, 1.54) is 44.9 Å². The van der Waals surface area contributed by atoms with Crippen molar-refractivity contribution in [3.8, 4) is 0 Å². The Bertz CT molecular complexity index is 1660. The minimum absolute atomic E-state index is 0.0174. The summed E-state index contributed by atoms with van der Waals surface area (Å²) >= 11 is 6.58. The number of fused-ring (bicyclic) bond motifs is 1. The molecule has 260 valence electrons. The van der Waals surface area contributed by atoms with Crippen LogP contribution >= 0.6 is 11.6 Å². The Kier molecular flexibility index (Phi) is 10.2. The van der Waals surface area contributed by atoms with E-state index in [-0.39, 0.29) is 29.3 Å². The van der Waals surface area contributed by atoms with Crippen molar-refractivity contribution in [2.45, 2.75) is 117 Å². The number of nitrogens with zero attached hydrogens (tertiary/aromatic N) is 5. The number of halogens is 1. The summed E-state index contributed by atoms with van der Waals surface area (Å²) < 4.78 is 1.99. The molecule has 1 saturated carbocycles. The van der Waals surface area contributed by atoms with Gasteiger partial charge < -0.3 is 20.1 Å². The number of hydrogen-bond acceptors (Lipinski definition) is 6. The quantitative estimate of drug-likeness (QED) is 0.205. The number of hydrogen-bond donors (Lipinski definition) is 3. The lowest BCUT2D eigenvalue weighted by atomic mass is 9.86. The van der Waals surface area contributed by atoms with Crippen molar-refractivity contribution < 1.29 is 9.59 Å². The fourth-order valence-electron chi connectivity index (χ4n) is 7.99. The first kappa shape index (κ1) is 34.5. The second kappa shape index (κ2) is 14.2.